The van der Waals surface area contributed by atoms with E-state index >= 15 is 0 Å². The second-order valence-corrected chi connectivity index (χ2v) is 12.9. The van der Waals surface area contributed by atoms with Crippen LogP contribution in [0.4, 0.5) is 5.69 Å². The van der Waals surface area contributed by atoms with Gasteiger partial charge in [0.25, 0.3) is 10.0 Å². The molecular weight excluding hydrogens is 597 g/mol. The lowest BCUT2D eigenvalue weighted by molar-refractivity contribution is -0.140. The zero-order valence-electron chi connectivity index (χ0n) is 23.6. The molecule has 2 amide bonds. The van der Waals surface area contributed by atoms with E-state index in [0.29, 0.717) is 17.2 Å². The van der Waals surface area contributed by atoms with Crippen molar-refractivity contribution in [2.45, 2.75) is 62.6 Å². The van der Waals surface area contributed by atoms with Gasteiger partial charge in [-0.05, 0) is 67.3 Å². The third-order valence-corrected chi connectivity index (χ3v) is 9.70. The van der Waals surface area contributed by atoms with E-state index in [1.54, 1.807) is 37.4 Å². The predicted molar refractivity (Wildman–Crippen MR) is 165 cm³/mol. The highest BCUT2D eigenvalue weighted by Gasteiger charge is 2.35. The maximum atomic E-state index is 14.2. The number of nitrogens with one attached hydrogen (secondary N) is 1. The Labute approximate surface area is 257 Å². The number of anilines is 1. The Morgan fingerprint density at radius 1 is 1.00 bits per heavy atom. The topological polar surface area (TPSA) is 96.0 Å². The van der Waals surface area contributed by atoms with Crippen molar-refractivity contribution in [1.82, 2.24) is 10.2 Å². The maximum Gasteiger partial charge on any atom is 0.264 e. The van der Waals surface area contributed by atoms with Crippen molar-refractivity contribution < 1.29 is 22.7 Å². The number of halogens is 2. The van der Waals surface area contributed by atoms with E-state index in [0.717, 1.165) is 35.6 Å². The number of sulfonamides is 1. The molecule has 0 aliphatic heterocycles. The van der Waals surface area contributed by atoms with Gasteiger partial charge < -0.3 is 15.0 Å². The van der Waals surface area contributed by atoms with Crippen LogP contribution in [0, 0.1) is 0 Å². The number of carbonyl (C=O) groups excluding carboxylic acids is 2. The first-order valence-electron chi connectivity index (χ1n) is 13.9. The average molecular weight is 633 g/mol. The summed E-state index contributed by atoms with van der Waals surface area (Å²) in [5.74, 6) is -0.154. The molecule has 0 aromatic heterocycles. The average Bonchev–Trinajstić information content (AvgIpc) is 3.50. The molecule has 1 atom stereocenters. The Morgan fingerprint density at radius 3 is 2.26 bits per heavy atom. The Balaban J connectivity index is 1.72. The summed E-state index contributed by atoms with van der Waals surface area (Å²) in [4.78, 5) is 29.2. The largest absolute Gasteiger partial charge is 0.497 e. The third kappa shape index (κ3) is 7.56. The van der Waals surface area contributed by atoms with Crippen molar-refractivity contribution in [3.63, 3.8) is 0 Å². The van der Waals surface area contributed by atoms with Gasteiger partial charge in [0, 0.05) is 17.6 Å². The lowest BCUT2D eigenvalue weighted by atomic mass is 10.1. The molecule has 8 nitrogen and oxygen atoms in total. The number of ether oxygens (including phenoxy) is 1. The summed E-state index contributed by atoms with van der Waals surface area (Å²) < 4.78 is 34.1. The van der Waals surface area contributed by atoms with Crippen molar-refractivity contribution >= 4 is 50.7 Å². The normalized spacial score (nSPS) is 14.3. The van der Waals surface area contributed by atoms with Crippen molar-refractivity contribution in [3.05, 3.63) is 88.4 Å². The summed E-state index contributed by atoms with van der Waals surface area (Å²) in [6, 6.07) is 18.7. The van der Waals surface area contributed by atoms with Gasteiger partial charge in [0.15, 0.2) is 0 Å². The Bertz CT molecular complexity index is 1480. The molecule has 1 aliphatic carbocycles. The maximum absolute atomic E-state index is 14.2. The lowest BCUT2D eigenvalue weighted by Gasteiger charge is -2.34. The van der Waals surface area contributed by atoms with Crippen LogP contribution in [0.1, 0.15) is 44.6 Å². The summed E-state index contributed by atoms with van der Waals surface area (Å²) in [7, 11) is -2.67. The molecule has 1 N–H and O–H groups in total. The number of hydrogen-bond donors (Lipinski definition) is 1. The van der Waals surface area contributed by atoms with E-state index in [9.17, 15) is 18.0 Å². The fourth-order valence-corrected chi connectivity index (χ4v) is 7.15. The highest BCUT2D eigenvalue weighted by Crippen LogP contribution is 2.33. The minimum atomic E-state index is -4.23. The zero-order chi connectivity index (χ0) is 30.3. The minimum Gasteiger partial charge on any atom is -0.497 e. The van der Waals surface area contributed by atoms with Crippen LogP contribution in [0.3, 0.4) is 0 Å². The van der Waals surface area contributed by atoms with E-state index in [2.05, 4.69) is 5.32 Å². The molecule has 3 aromatic rings. The number of hydrogen-bond acceptors (Lipinski definition) is 5. The highest BCUT2D eigenvalue weighted by atomic mass is 35.5. The van der Waals surface area contributed by atoms with Crippen LogP contribution in [0.2, 0.25) is 10.0 Å². The zero-order valence-corrected chi connectivity index (χ0v) is 26.0. The number of amides is 2. The minimum absolute atomic E-state index is 0.00320. The molecule has 42 heavy (non-hydrogen) atoms. The molecule has 0 saturated heterocycles. The lowest BCUT2D eigenvalue weighted by Crippen LogP contribution is -2.53. The first-order chi connectivity index (χ1) is 20.1. The fraction of sp³-hybridized carbons (Fsp3) is 0.355. The molecule has 1 aliphatic rings. The highest BCUT2D eigenvalue weighted by molar-refractivity contribution is 7.92. The summed E-state index contributed by atoms with van der Waals surface area (Å²) in [5.41, 5.74) is 0.865. The number of carbonyl (C=O) groups is 2. The van der Waals surface area contributed by atoms with Crippen molar-refractivity contribution in [2.24, 2.45) is 0 Å². The van der Waals surface area contributed by atoms with Crippen LogP contribution in [-0.2, 0) is 26.2 Å². The third-order valence-electron chi connectivity index (χ3n) is 7.39. The summed E-state index contributed by atoms with van der Waals surface area (Å²) in [5, 5.41) is 3.50. The van der Waals surface area contributed by atoms with Gasteiger partial charge in [-0.2, -0.15) is 0 Å². The quantitative estimate of drug-likeness (QED) is 0.262. The molecule has 1 fully saturated rings. The summed E-state index contributed by atoms with van der Waals surface area (Å²) in [6.45, 7) is 1.34. The van der Waals surface area contributed by atoms with E-state index in [1.807, 2.05) is 19.1 Å². The van der Waals surface area contributed by atoms with Crippen LogP contribution in [0.25, 0.3) is 0 Å². The number of nitrogens with zero attached hydrogens (tertiary/aromatic N) is 2. The second kappa shape index (κ2) is 14.3. The smallest absolute Gasteiger partial charge is 0.264 e. The predicted octanol–water partition coefficient (Wildman–Crippen LogP) is 6.06. The molecule has 0 radical (unpaired) electrons. The van der Waals surface area contributed by atoms with Crippen LogP contribution in [0.5, 0.6) is 5.75 Å². The Kier molecular flexibility index (Phi) is 10.8. The summed E-state index contributed by atoms with van der Waals surface area (Å²) in [6.07, 6.45) is 4.22. The first kappa shape index (κ1) is 31.7. The molecule has 0 spiro atoms. The van der Waals surface area contributed by atoms with Crippen molar-refractivity contribution in [3.8, 4) is 5.75 Å². The molecule has 3 aromatic carbocycles. The van der Waals surface area contributed by atoms with E-state index in [1.165, 1.54) is 35.2 Å². The van der Waals surface area contributed by atoms with Gasteiger partial charge in [0.1, 0.15) is 18.3 Å². The van der Waals surface area contributed by atoms with Crippen LogP contribution < -0.4 is 14.4 Å². The Hall–Kier alpha value is -3.27. The Morgan fingerprint density at radius 2 is 1.67 bits per heavy atom. The standard InChI is InChI=1S/C31H35Cl2N3O5S/c1-3-28(31(38)34-24-9-7-8-10-24)35(20-22-13-16-25(41-2)17-14-22)30(37)21-36(29-18-15-23(32)19-27(29)33)42(39,40)26-11-5-4-6-12-26/h4-6,11-19,24,28H,3,7-10,20-21H2,1-2H3,(H,34,38). The van der Waals surface area contributed by atoms with Crippen molar-refractivity contribution in [2.75, 3.05) is 18.0 Å². The number of benzene rings is 3. The van der Waals surface area contributed by atoms with E-state index < -0.39 is 28.5 Å². The second-order valence-electron chi connectivity index (χ2n) is 10.2. The SMILES string of the molecule is CCC(C(=O)NC1CCCC1)N(Cc1ccc(OC)cc1)C(=O)CN(c1ccc(Cl)cc1Cl)S(=O)(=O)c1ccccc1. The molecule has 1 unspecified atom stereocenters. The molecule has 0 heterocycles. The van der Waals surface area contributed by atoms with Gasteiger partial charge in [0.2, 0.25) is 11.8 Å². The number of methoxy groups -OCH3 is 1. The van der Waals surface area contributed by atoms with Crippen molar-refractivity contribution in [1.29, 1.82) is 0 Å². The van der Waals surface area contributed by atoms with Crippen LogP contribution in [-0.4, -0.2) is 50.9 Å². The van der Waals surface area contributed by atoms with Gasteiger partial charge in [0.05, 0.1) is 22.7 Å². The molecule has 11 heteroatoms. The van der Waals surface area contributed by atoms with Gasteiger partial charge >= 0.3 is 0 Å². The molecule has 4 rings (SSSR count). The number of rotatable bonds is 12. The van der Waals surface area contributed by atoms with E-state index in [4.69, 9.17) is 27.9 Å². The molecule has 224 valence electrons. The van der Waals surface area contributed by atoms with Gasteiger partial charge in [-0.1, -0.05) is 73.3 Å². The molecule has 1 saturated carbocycles. The van der Waals surface area contributed by atoms with Crippen LogP contribution >= 0.6 is 23.2 Å². The summed E-state index contributed by atoms with van der Waals surface area (Å²) >= 11 is 12.6. The monoisotopic (exact) mass is 631 g/mol. The van der Waals surface area contributed by atoms with Gasteiger partial charge in [-0.25, -0.2) is 8.42 Å². The van der Waals surface area contributed by atoms with Crippen LogP contribution in [0.15, 0.2) is 77.7 Å². The van der Waals surface area contributed by atoms with E-state index in [-0.39, 0.29) is 34.1 Å². The molecule has 0 bridgehead atoms. The van der Waals surface area contributed by atoms with Gasteiger partial charge in [-0.3, -0.25) is 13.9 Å². The fourth-order valence-electron chi connectivity index (χ4n) is 5.13. The van der Waals surface area contributed by atoms with Gasteiger partial charge in [-0.15, -0.1) is 0 Å². The molecular formula is C31H35Cl2N3O5S. The first-order valence-corrected chi connectivity index (χ1v) is 16.1.